The van der Waals surface area contributed by atoms with E-state index >= 15 is 0 Å². The van der Waals surface area contributed by atoms with Crippen molar-refractivity contribution in [2.45, 2.75) is 76.2 Å². The molecule has 5 atom stereocenters. The molecule has 2 amide bonds. The highest BCUT2D eigenvalue weighted by molar-refractivity contribution is 6.42. The average Bonchev–Trinajstić information content (AvgIpc) is 1.43. The molecule has 2 aliphatic rings. The minimum absolute atomic E-state index is 0.103. The second kappa shape index (κ2) is 30.5. The zero-order valence-corrected chi connectivity index (χ0v) is 51.8. The van der Waals surface area contributed by atoms with Gasteiger partial charge in [-0.2, -0.15) is 0 Å². The van der Waals surface area contributed by atoms with E-state index in [1.807, 2.05) is 20.2 Å². The molecule has 1 unspecified atom stereocenters. The van der Waals surface area contributed by atoms with Gasteiger partial charge in [0, 0.05) is 91.2 Å². The number of ether oxygens (including phenoxy) is 6. The lowest BCUT2D eigenvalue weighted by molar-refractivity contribution is -0.118. The van der Waals surface area contributed by atoms with Crippen molar-refractivity contribution in [2.24, 2.45) is 5.92 Å². The third-order valence-electron chi connectivity index (χ3n) is 14.4. The lowest BCUT2D eigenvalue weighted by Gasteiger charge is -2.32. The highest BCUT2D eigenvalue weighted by Crippen LogP contribution is 2.48. The van der Waals surface area contributed by atoms with Crippen LogP contribution in [0.15, 0.2) is 62.0 Å². The summed E-state index contributed by atoms with van der Waals surface area (Å²) in [4.78, 5) is 56.4. The fraction of sp³-hybridized carbons (Fsp3) is 0.458. The maximum Gasteiger partial charge on any atom is 0.243 e. The van der Waals surface area contributed by atoms with Crippen LogP contribution in [0, 0.1) is 5.92 Å². The van der Waals surface area contributed by atoms with Gasteiger partial charge in [0.25, 0.3) is 0 Å². The van der Waals surface area contributed by atoms with Crippen LogP contribution < -0.4 is 56.2 Å². The molecule has 6 aromatic rings. The molecule has 2 saturated heterocycles. The van der Waals surface area contributed by atoms with Gasteiger partial charge in [-0.05, 0) is 77.0 Å². The molecular weight excluding hydrogens is 1170 g/mol. The van der Waals surface area contributed by atoms with E-state index in [1.165, 1.54) is 33.5 Å². The number of rotatable bonds is 29. The van der Waals surface area contributed by atoms with Crippen molar-refractivity contribution < 1.29 is 38.0 Å². The zero-order chi connectivity index (χ0) is 60.7. The van der Waals surface area contributed by atoms with Crippen LogP contribution in [0.2, 0.25) is 20.1 Å². The van der Waals surface area contributed by atoms with Crippen molar-refractivity contribution in [2.75, 3.05) is 116 Å². The minimum atomic E-state index is -0.338. The Morgan fingerprint density at radius 2 is 1.14 bits per heavy atom. The number of halogens is 4. The van der Waals surface area contributed by atoms with Gasteiger partial charge in [-0.1, -0.05) is 73.4 Å². The van der Waals surface area contributed by atoms with E-state index in [9.17, 15) is 9.59 Å². The first-order valence-corrected chi connectivity index (χ1v) is 29.6. The number of methoxy groups -OCH3 is 3. The summed E-state index contributed by atoms with van der Waals surface area (Å²) in [5, 5.41) is 25.6. The number of pyridine rings is 2. The van der Waals surface area contributed by atoms with Crippen molar-refractivity contribution >= 4 is 104 Å². The summed E-state index contributed by atoms with van der Waals surface area (Å²) in [6.45, 7) is 15.7. The number of aromatic nitrogens is 6. The van der Waals surface area contributed by atoms with Crippen molar-refractivity contribution in [3.63, 3.8) is 0 Å². The van der Waals surface area contributed by atoms with Gasteiger partial charge in [-0.25, -0.2) is 29.9 Å². The van der Waals surface area contributed by atoms with Crippen LogP contribution >= 0.6 is 46.4 Å². The number of hydrogen-bond donors (Lipinski definition) is 7. The predicted octanol–water partition coefficient (Wildman–Crippen LogP) is 9.33. The quantitative estimate of drug-likeness (QED) is 0.0171. The molecule has 85 heavy (non-hydrogen) atoms. The number of fused-ring (bicyclic) bond motifs is 2. The SMILES string of the molecule is C=CC(=O)N[C@H]1CCOC[C@H]1Nc1ncc2cc(-c3c(Cl)c(OC)cc(OC)c3Cl)nc(NCCC(CNC(C)C)COc3cc(OC)c(Cl)c(-c4cc5cnc(N[C@@H]6COCC[C@@H]6NC(=O)C=C)nc5c(NCCCCN(C)C)n4)c3Cl)c2n1. The molecule has 0 aliphatic carbocycles. The molecule has 2 aromatic carbocycles. The smallest absolute Gasteiger partial charge is 0.243 e. The molecule has 456 valence electrons. The van der Waals surface area contributed by atoms with Crippen LogP contribution in [0.4, 0.5) is 23.5 Å². The summed E-state index contributed by atoms with van der Waals surface area (Å²) in [7, 11) is 8.63. The largest absolute Gasteiger partial charge is 0.495 e. The second-order valence-corrected chi connectivity index (χ2v) is 22.6. The fourth-order valence-corrected chi connectivity index (χ4v) is 11.2. The number of anilines is 4. The molecule has 2 fully saturated rings. The van der Waals surface area contributed by atoms with Gasteiger partial charge >= 0.3 is 0 Å². The summed E-state index contributed by atoms with van der Waals surface area (Å²) in [5.41, 5.74) is 2.70. The van der Waals surface area contributed by atoms with Crippen LogP contribution in [0.5, 0.6) is 23.0 Å². The van der Waals surface area contributed by atoms with Gasteiger partial charge in [0.2, 0.25) is 23.7 Å². The average molecular weight is 1250 g/mol. The molecule has 0 spiro atoms. The van der Waals surface area contributed by atoms with Crippen LogP contribution in [0.3, 0.4) is 0 Å². The summed E-state index contributed by atoms with van der Waals surface area (Å²) in [6, 6.07) is 5.95. The molecule has 0 saturated carbocycles. The van der Waals surface area contributed by atoms with E-state index < -0.39 is 0 Å². The van der Waals surface area contributed by atoms with Crippen molar-refractivity contribution in [1.29, 1.82) is 0 Å². The molecule has 8 rings (SSSR count). The monoisotopic (exact) mass is 1250 g/mol. The van der Waals surface area contributed by atoms with Crippen LogP contribution in [-0.4, -0.2) is 171 Å². The summed E-state index contributed by atoms with van der Waals surface area (Å²) in [6.07, 6.45) is 9.45. The van der Waals surface area contributed by atoms with E-state index in [0.29, 0.717) is 156 Å². The molecule has 0 bridgehead atoms. The molecule has 4 aromatic heterocycles. The number of benzene rings is 2. The number of carbonyl (C=O) groups is 2. The number of nitrogens with zero attached hydrogens (tertiary/aromatic N) is 7. The van der Waals surface area contributed by atoms with Crippen molar-refractivity contribution in [3.8, 4) is 45.5 Å². The third kappa shape index (κ3) is 16.4. The zero-order valence-electron chi connectivity index (χ0n) is 48.8. The fourth-order valence-electron chi connectivity index (χ4n) is 9.83. The molecular formula is C59H74Cl4N14O8. The van der Waals surface area contributed by atoms with E-state index in [-0.39, 0.29) is 74.6 Å². The van der Waals surface area contributed by atoms with E-state index in [0.717, 1.165) is 19.4 Å². The van der Waals surface area contributed by atoms with E-state index in [4.69, 9.17) is 99.7 Å². The van der Waals surface area contributed by atoms with Crippen LogP contribution in [0.25, 0.3) is 44.3 Å². The molecule has 0 radical (unpaired) electrons. The Labute approximate surface area is 515 Å². The number of nitrogens with one attached hydrogen (secondary N) is 7. The normalized spacial score (nSPS) is 17.3. The maximum atomic E-state index is 12.4. The second-order valence-electron chi connectivity index (χ2n) is 21.1. The highest BCUT2D eigenvalue weighted by Gasteiger charge is 2.31. The summed E-state index contributed by atoms with van der Waals surface area (Å²) in [5.74, 6) is 2.23. The maximum absolute atomic E-state index is 12.4. The Balaban J connectivity index is 1.09. The van der Waals surface area contributed by atoms with Crippen molar-refractivity contribution in [1.82, 2.24) is 50.8 Å². The number of hydrogen-bond acceptors (Lipinski definition) is 20. The highest BCUT2D eigenvalue weighted by atomic mass is 35.5. The number of carbonyl (C=O) groups excluding carboxylic acids is 2. The molecule has 6 heterocycles. The summed E-state index contributed by atoms with van der Waals surface area (Å²) < 4.78 is 35.4. The molecule has 2 aliphatic heterocycles. The number of unbranched alkanes of at least 4 members (excludes halogenated alkanes) is 1. The van der Waals surface area contributed by atoms with E-state index in [2.05, 4.69) is 74.1 Å². The molecule has 7 N–H and O–H groups in total. The van der Waals surface area contributed by atoms with Gasteiger partial charge in [-0.15, -0.1) is 0 Å². The lowest BCUT2D eigenvalue weighted by atomic mass is 10.0. The van der Waals surface area contributed by atoms with Gasteiger partial charge in [0.05, 0.1) is 96.8 Å². The summed E-state index contributed by atoms with van der Waals surface area (Å²) >= 11 is 28.5. The van der Waals surface area contributed by atoms with Gasteiger partial charge in [0.15, 0.2) is 11.6 Å². The Hall–Kier alpha value is -6.76. The Morgan fingerprint density at radius 1 is 0.671 bits per heavy atom. The van der Waals surface area contributed by atoms with Gasteiger partial charge in [-0.3, -0.25) is 9.59 Å². The standard InChI is InChI=1S/C59H74Cl4N14O8/c1-10-46(78)69-36-15-20-83-30-40(36)73-58-67-27-34-23-39(71-56(54(34)75-58)64-17-12-13-19-77(5)6)49-52(62)44(82-9)25-45(53(49)63)85-29-33(26-66-32(3)4)14-18-65-57-55-35(22-38(72-57)48-50(60)42(80-7)24-43(81-8)51(48)61)28-68-59(76-55)74-41-31-84-21-16-37(41)70-47(79)11-2/h10-11,22-25,27-28,32-33,36-37,40-41,66H,1-2,12-21,26,29-31H2,3-9H3,(H,64,71)(H,65,72)(H,69,78)(H,70,79)(H,67,73,75)(H,68,74,76)/t33?,36-,37-,40+,41+/m0/s1. The lowest BCUT2D eigenvalue weighted by Crippen LogP contribution is -2.52. The Bertz CT molecular complexity index is 3320. The Morgan fingerprint density at radius 3 is 1.60 bits per heavy atom. The molecule has 26 heteroatoms. The van der Waals surface area contributed by atoms with E-state index in [1.54, 1.807) is 30.6 Å². The van der Waals surface area contributed by atoms with Crippen LogP contribution in [-0.2, 0) is 19.1 Å². The number of amides is 2. The van der Waals surface area contributed by atoms with Crippen LogP contribution in [0.1, 0.15) is 46.0 Å². The van der Waals surface area contributed by atoms with Gasteiger partial charge in [0.1, 0.15) is 34.0 Å². The molecule has 22 nitrogen and oxygen atoms in total. The third-order valence-corrected chi connectivity index (χ3v) is 15.9. The predicted molar refractivity (Wildman–Crippen MR) is 337 cm³/mol. The topological polar surface area (TPSA) is 254 Å². The van der Waals surface area contributed by atoms with Crippen molar-refractivity contribution in [3.05, 3.63) is 82.1 Å². The first-order chi connectivity index (χ1) is 41.0. The Kier molecular flexibility index (Phi) is 23.1. The first kappa shape index (κ1) is 64.2. The minimum Gasteiger partial charge on any atom is -0.495 e. The van der Waals surface area contributed by atoms with Gasteiger partial charge < -0.3 is 70.5 Å². The first-order valence-electron chi connectivity index (χ1n) is 28.1.